The van der Waals surface area contributed by atoms with Gasteiger partial charge in [-0.15, -0.1) is 11.3 Å². The summed E-state index contributed by atoms with van der Waals surface area (Å²) in [7, 11) is 0. The zero-order valence-corrected chi connectivity index (χ0v) is 11.2. The molecule has 1 aromatic rings. The Hall–Kier alpha value is -1.14. The van der Waals surface area contributed by atoms with E-state index in [0.717, 1.165) is 25.7 Å². The summed E-state index contributed by atoms with van der Waals surface area (Å²) in [5.41, 5.74) is 5.96. The van der Waals surface area contributed by atoms with Gasteiger partial charge in [-0.3, -0.25) is 4.79 Å². The van der Waals surface area contributed by atoms with Crippen LogP contribution in [0.25, 0.3) is 0 Å². The highest BCUT2D eigenvalue weighted by atomic mass is 32.1. The minimum absolute atomic E-state index is 0.0120. The highest BCUT2D eigenvalue weighted by molar-refractivity contribution is 7.13. The number of hydrogen-bond acceptors (Lipinski definition) is 5. The summed E-state index contributed by atoms with van der Waals surface area (Å²) in [6.07, 6.45) is 5.58. The highest BCUT2D eigenvalue weighted by Gasteiger charge is 2.27. The van der Waals surface area contributed by atoms with E-state index in [1.54, 1.807) is 10.3 Å². The number of thiazole rings is 1. The summed E-state index contributed by atoms with van der Waals surface area (Å²) in [5.74, 6) is -0.107. The van der Waals surface area contributed by atoms with Crippen molar-refractivity contribution in [3.8, 4) is 0 Å². The molecule has 100 valence electrons. The van der Waals surface area contributed by atoms with Crippen molar-refractivity contribution in [3.05, 3.63) is 11.1 Å². The fourth-order valence-corrected chi connectivity index (χ4v) is 3.02. The van der Waals surface area contributed by atoms with E-state index in [2.05, 4.69) is 4.98 Å². The Balaban J connectivity index is 2.10. The predicted molar refractivity (Wildman–Crippen MR) is 71.5 cm³/mol. The summed E-state index contributed by atoms with van der Waals surface area (Å²) in [6.45, 7) is 0.364. The van der Waals surface area contributed by atoms with Crippen molar-refractivity contribution < 1.29 is 9.90 Å². The average molecular weight is 269 g/mol. The molecule has 3 N–H and O–H groups in total. The van der Waals surface area contributed by atoms with Gasteiger partial charge in [-0.05, 0) is 12.8 Å². The molecule has 6 heteroatoms. The van der Waals surface area contributed by atoms with Crippen LogP contribution in [0.2, 0.25) is 0 Å². The van der Waals surface area contributed by atoms with E-state index in [-0.39, 0.29) is 18.6 Å². The maximum Gasteiger partial charge on any atom is 0.273 e. The summed E-state index contributed by atoms with van der Waals surface area (Å²) in [5, 5.41) is 11.2. The van der Waals surface area contributed by atoms with E-state index in [1.807, 2.05) is 0 Å². The molecule has 5 nitrogen and oxygen atoms in total. The average Bonchev–Trinajstić information content (AvgIpc) is 2.83. The van der Waals surface area contributed by atoms with Gasteiger partial charge in [0.05, 0.1) is 6.61 Å². The van der Waals surface area contributed by atoms with Crippen LogP contribution in [-0.2, 0) is 0 Å². The molecular formula is C12H19N3O2S. The number of hydrogen-bond donors (Lipinski definition) is 2. The quantitative estimate of drug-likeness (QED) is 0.868. The van der Waals surface area contributed by atoms with E-state index in [1.165, 1.54) is 17.8 Å². The first kappa shape index (κ1) is 13.3. The maximum absolute atomic E-state index is 12.4. The number of carbonyl (C=O) groups excluding carboxylic acids is 1. The topological polar surface area (TPSA) is 79.5 Å². The van der Waals surface area contributed by atoms with Crippen LogP contribution in [0.4, 0.5) is 5.13 Å². The molecule has 18 heavy (non-hydrogen) atoms. The van der Waals surface area contributed by atoms with Gasteiger partial charge in [-0.2, -0.15) is 0 Å². The molecule has 0 bridgehead atoms. The predicted octanol–water partition coefficient (Wildman–Crippen LogP) is 1.49. The van der Waals surface area contributed by atoms with Crippen molar-refractivity contribution in [2.75, 3.05) is 18.9 Å². The second-order valence-electron chi connectivity index (χ2n) is 4.58. The standard InChI is InChI=1S/C12H19N3O2S/c13-12-14-10(8-18-12)11(17)15(6-7-16)9-4-2-1-3-5-9/h8-9,16H,1-7H2,(H2,13,14). The number of carbonyl (C=O) groups is 1. The molecule has 0 spiro atoms. The molecule has 0 radical (unpaired) electrons. The summed E-state index contributed by atoms with van der Waals surface area (Å²) in [4.78, 5) is 18.1. The van der Waals surface area contributed by atoms with Gasteiger partial charge in [0.15, 0.2) is 5.13 Å². The Bertz CT molecular complexity index is 402. The third kappa shape index (κ3) is 3.00. The van der Waals surface area contributed by atoms with Crippen LogP contribution >= 0.6 is 11.3 Å². The van der Waals surface area contributed by atoms with E-state index in [4.69, 9.17) is 10.8 Å². The first-order valence-electron chi connectivity index (χ1n) is 6.35. The first-order chi connectivity index (χ1) is 8.72. The maximum atomic E-state index is 12.4. The van der Waals surface area contributed by atoms with Gasteiger partial charge < -0.3 is 15.7 Å². The molecule has 1 aliphatic carbocycles. The lowest BCUT2D eigenvalue weighted by atomic mass is 9.94. The van der Waals surface area contributed by atoms with Crippen molar-refractivity contribution in [3.63, 3.8) is 0 Å². The Morgan fingerprint density at radius 2 is 2.22 bits per heavy atom. The van der Waals surface area contributed by atoms with Crippen molar-refractivity contribution in [1.29, 1.82) is 0 Å². The Morgan fingerprint density at radius 1 is 1.50 bits per heavy atom. The van der Waals surface area contributed by atoms with Crippen molar-refractivity contribution >= 4 is 22.4 Å². The molecule has 0 aliphatic heterocycles. The van der Waals surface area contributed by atoms with Crippen molar-refractivity contribution in [2.45, 2.75) is 38.1 Å². The number of rotatable bonds is 4. The lowest BCUT2D eigenvalue weighted by molar-refractivity contribution is 0.0580. The number of nitrogen functional groups attached to an aromatic ring is 1. The SMILES string of the molecule is Nc1nc(C(=O)N(CCO)C2CCCCC2)cs1. The van der Waals surface area contributed by atoms with Gasteiger partial charge in [-0.25, -0.2) is 4.98 Å². The Kier molecular flexibility index (Phi) is 4.54. The normalized spacial score (nSPS) is 16.7. The van der Waals surface area contributed by atoms with Crippen molar-refractivity contribution in [2.24, 2.45) is 0 Å². The van der Waals surface area contributed by atoms with Gasteiger partial charge in [0.1, 0.15) is 5.69 Å². The first-order valence-corrected chi connectivity index (χ1v) is 7.23. The van der Waals surface area contributed by atoms with Crippen LogP contribution in [-0.4, -0.2) is 40.1 Å². The highest BCUT2D eigenvalue weighted by Crippen LogP contribution is 2.24. The summed E-state index contributed by atoms with van der Waals surface area (Å²) >= 11 is 1.27. The van der Waals surface area contributed by atoms with E-state index >= 15 is 0 Å². The molecule has 1 saturated carbocycles. The molecule has 1 aliphatic rings. The zero-order valence-electron chi connectivity index (χ0n) is 10.3. The third-order valence-electron chi connectivity index (χ3n) is 3.36. The summed E-state index contributed by atoms with van der Waals surface area (Å²) < 4.78 is 0. The number of nitrogens with two attached hydrogens (primary N) is 1. The number of amides is 1. The number of nitrogens with zero attached hydrogens (tertiary/aromatic N) is 2. The van der Waals surface area contributed by atoms with Crippen LogP contribution in [0.5, 0.6) is 0 Å². The van der Waals surface area contributed by atoms with Crippen LogP contribution in [0.1, 0.15) is 42.6 Å². The van der Waals surface area contributed by atoms with E-state index < -0.39 is 0 Å². The second kappa shape index (κ2) is 6.15. The van der Waals surface area contributed by atoms with Gasteiger partial charge in [0.25, 0.3) is 5.91 Å². The fraction of sp³-hybridized carbons (Fsp3) is 0.667. The number of anilines is 1. The minimum Gasteiger partial charge on any atom is -0.395 e. The molecule has 1 aromatic heterocycles. The monoisotopic (exact) mass is 269 g/mol. The number of aromatic nitrogens is 1. The second-order valence-corrected chi connectivity index (χ2v) is 5.47. The third-order valence-corrected chi connectivity index (χ3v) is 4.03. The lowest BCUT2D eigenvalue weighted by Crippen LogP contribution is -2.43. The molecule has 1 fully saturated rings. The molecule has 0 unspecified atom stereocenters. The Labute approximate surface area is 111 Å². The largest absolute Gasteiger partial charge is 0.395 e. The van der Waals surface area contributed by atoms with Crippen LogP contribution in [0, 0.1) is 0 Å². The molecule has 1 heterocycles. The number of aliphatic hydroxyl groups is 1. The van der Waals surface area contributed by atoms with Crippen LogP contribution < -0.4 is 5.73 Å². The van der Waals surface area contributed by atoms with Gasteiger partial charge >= 0.3 is 0 Å². The summed E-state index contributed by atoms with van der Waals surface area (Å²) in [6, 6.07) is 0.237. The lowest BCUT2D eigenvalue weighted by Gasteiger charge is -2.33. The molecule has 2 rings (SSSR count). The zero-order chi connectivity index (χ0) is 13.0. The molecule has 0 atom stereocenters. The molecule has 0 aromatic carbocycles. The van der Waals surface area contributed by atoms with Crippen molar-refractivity contribution in [1.82, 2.24) is 9.88 Å². The van der Waals surface area contributed by atoms with Gasteiger partial charge in [-0.1, -0.05) is 19.3 Å². The fourth-order valence-electron chi connectivity index (χ4n) is 2.48. The molecule has 1 amide bonds. The Morgan fingerprint density at radius 3 is 2.78 bits per heavy atom. The molecule has 0 saturated heterocycles. The van der Waals surface area contributed by atoms with Crippen LogP contribution in [0.15, 0.2) is 5.38 Å². The van der Waals surface area contributed by atoms with E-state index in [9.17, 15) is 4.79 Å². The van der Waals surface area contributed by atoms with Gasteiger partial charge in [0.2, 0.25) is 0 Å². The van der Waals surface area contributed by atoms with E-state index in [0.29, 0.717) is 17.4 Å². The van der Waals surface area contributed by atoms with Gasteiger partial charge in [0, 0.05) is 18.0 Å². The van der Waals surface area contributed by atoms with Crippen LogP contribution in [0.3, 0.4) is 0 Å². The smallest absolute Gasteiger partial charge is 0.273 e. The minimum atomic E-state index is -0.107. The number of aliphatic hydroxyl groups excluding tert-OH is 1. The molecular weight excluding hydrogens is 250 g/mol.